The normalized spacial score (nSPS) is 10.0. The second-order valence-corrected chi connectivity index (χ2v) is 3.89. The van der Waals surface area contributed by atoms with E-state index in [9.17, 15) is 4.79 Å². The van der Waals surface area contributed by atoms with E-state index < -0.39 is 5.97 Å². The molecular formula is C10H7N3O2S. The zero-order valence-electron chi connectivity index (χ0n) is 8.07. The van der Waals surface area contributed by atoms with Crippen molar-refractivity contribution in [1.82, 2.24) is 15.0 Å². The summed E-state index contributed by atoms with van der Waals surface area (Å²) in [7, 11) is 0. The van der Waals surface area contributed by atoms with E-state index >= 15 is 0 Å². The van der Waals surface area contributed by atoms with Crippen LogP contribution in [0.2, 0.25) is 0 Å². The SMILES string of the molecule is O=C(O)c1cnccc1Sc1ccncn1. The number of carboxylic acid groups (broad SMARTS) is 1. The summed E-state index contributed by atoms with van der Waals surface area (Å²) in [5.74, 6) is -0.996. The van der Waals surface area contributed by atoms with Crippen LogP contribution in [0.1, 0.15) is 10.4 Å². The lowest BCUT2D eigenvalue weighted by molar-refractivity contribution is 0.0692. The van der Waals surface area contributed by atoms with Gasteiger partial charge < -0.3 is 5.11 Å². The van der Waals surface area contributed by atoms with Crippen molar-refractivity contribution in [3.05, 3.63) is 42.6 Å². The minimum atomic E-state index is -0.996. The van der Waals surface area contributed by atoms with Crippen LogP contribution in [0, 0.1) is 0 Å². The molecule has 0 saturated carbocycles. The van der Waals surface area contributed by atoms with E-state index in [1.807, 2.05) is 0 Å². The predicted molar refractivity (Wildman–Crippen MR) is 57.4 cm³/mol. The Hall–Kier alpha value is -1.95. The van der Waals surface area contributed by atoms with Gasteiger partial charge in [-0.3, -0.25) is 4.98 Å². The van der Waals surface area contributed by atoms with Gasteiger partial charge in [-0.25, -0.2) is 14.8 Å². The zero-order chi connectivity index (χ0) is 11.4. The summed E-state index contributed by atoms with van der Waals surface area (Å²) in [6.07, 6.45) is 5.91. The van der Waals surface area contributed by atoms with Crippen LogP contribution in [0.25, 0.3) is 0 Å². The molecule has 0 aliphatic rings. The van der Waals surface area contributed by atoms with Crippen molar-refractivity contribution in [3.63, 3.8) is 0 Å². The smallest absolute Gasteiger partial charge is 0.338 e. The maximum Gasteiger partial charge on any atom is 0.338 e. The fraction of sp³-hybridized carbons (Fsp3) is 0. The van der Waals surface area contributed by atoms with Gasteiger partial charge in [-0.1, -0.05) is 11.8 Å². The van der Waals surface area contributed by atoms with Crippen LogP contribution >= 0.6 is 11.8 Å². The van der Waals surface area contributed by atoms with Crippen LogP contribution in [-0.2, 0) is 0 Å². The molecular weight excluding hydrogens is 226 g/mol. The number of rotatable bonds is 3. The average molecular weight is 233 g/mol. The van der Waals surface area contributed by atoms with Gasteiger partial charge in [-0.05, 0) is 12.1 Å². The largest absolute Gasteiger partial charge is 0.478 e. The van der Waals surface area contributed by atoms with Crippen molar-refractivity contribution in [2.24, 2.45) is 0 Å². The monoisotopic (exact) mass is 233 g/mol. The van der Waals surface area contributed by atoms with Crippen LogP contribution in [0.4, 0.5) is 0 Å². The Kier molecular flexibility index (Phi) is 3.11. The molecule has 80 valence electrons. The van der Waals surface area contributed by atoms with Gasteiger partial charge in [0.15, 0.2) is 0 Å². The maximum atomic E-state index is 10.9. The van der Waals surface area contributed by atoms with Crippen molar-refractivity contribution >= 4 is 17.7 Å². The Morgan fingerprint density at radius 1 is 1.25 bits per heavy atom. The predicted octanol–water partition coefficient (Wildman–Crippen LogP) is 1.72. The summed E-state index contributed by atoms with van der Waals surface area (Å²) in [5, 5.41) is 9.66. The van der Waals surface area contributed by atoms with E-state index in [0.29, 0.717) is 9.92 Å². The Labute approximate surface area is 95.6 Å². The van der Waals surface area contributed by atoms with Crippen molar-refractivity contribution < 1.29 is 9.90 Å². The van der Waals surface area contributed by atoms with Gasteiger partial charge in [-0.2, -0.15) is 0 Å². The highest BCUT2D eigenvalue weighted by molar-refractivity contribution is 7.99. The van der Waals surface area contributed by atoms with Crippen LogP contribution in [-0.4, -0.2) is 26.0 Å². The topological polar surface area (TPSA) is 76.0 Å². The molecule has 0 fully saturated rings. The standard InChI is InChI=1S/C10H7N3O2S/c14-10(15)7-5-11-3-1-8(7)16-9-2-4-12-6-13-9/h1-6H,(H,14,15). The quantitative estimate of drug-likeness (QED) is 0.813. The number of pyridine rings is 1. The minimum Gasteiger partial charge on any atom is -0.478 e. The lowest BCUT2D eigenvalue weighted by atomic mass is 10.3. The number of nitrogens with zero attached hydrogens (tertiary/aromatic N) is 3. The molecule has 2 rings (SSSR count). The first-order valence-corrected chi connectivity index (χ1v) is 5.20. The fourth-order valence-electron chi connectivity index (χ4n) is 1.08. The van der Waals surface area contributed by atoms with Gasteiger partial charge in [0.05, 0.1) is 5.56 Å². The van der Waals surface area contributed by atoms with Crippen LogP contribution in [0.5, 0.6) is 0 Å². The Morgan fingerprint density at radius 3 is 2.75 bits per heavy atom. The maximum absolute atomic E-state index is 10.9. The molecule has 0 saturated heterocycles. The molecule has 0 unspecified atom stereocenters. The molecule has 0 radical (unpaired) electrons. The molecule has 0 bridgehead atoms. The molecule has 0 aromatic carbocycles. The molecule has 5 nitrogen and oxygen atoms in total. The third-order valence-corrected chi connectivity index (χ3v) is 2.81. The number of carboxylic acids is 1. The van der Waals surface area contributed by atoms with Gasteiger partial charge in [0.25, 0.3) is 0 Å². The van der Waals surface area contributed by atoms with Crippen LogP contribution in [0.3, 0.4) is 0 Å². The minimum absolute atomic E-state index is 0.172. The van der Waals surface area contributed by atoms with Crippen LogP contribution < -0.4 is 0 Å². The Morgan fingerprint density at radius 2 is 2.06 bits per heavy atom. The van der Waals surface area contributed by atoms with E-state index in [-0.39, 0.29) is 5.56 Å². The zero-order valence-corrected chi connectivity index (χ0v) is 8.89. The number of aromatic carboxylic acids is 1. The summed E-state index contributed by atoms with van der Waals surface area (Å²) in [4.78, 5) is 23.1. The van der Waals surface area contributed by atoms with E-state index in [4.69, 9.17) is 5.11 Å². The van der Waals surface area contributed by atoms with Gasteiger partial charge in [-0.15, -0.1) is 0 Å². The summed E-state index contributed by atoms with van der Waals surface area (Å²) < 4.78 is 0. The molecule has 6 heteroatoms. The molecule has 0 amide bonds. The highest BCUT2D eigenvalue weighted by Gasteiger charge is 2.11. The van der Waals surface area contributed by atoms with Crippen molar-refractivity contribution in [2.75, 3.05) is 0 Å². The Balaban J connectivity index is 2.31. The van der Waals surface area contributed by atoms with Crippen molar-refractivity contribution in [3.8, 4) is 0 Å². The second kappa shape index (κ2) is 4.71. The lowest BCUT2D eigenvalue weighted by Gasteiger charge is -2.03. The third kappa shape index (κ3) is 2.34. The molecule has 2 aromatic rings. The first-order valence-electron chi connectivity index (χ1n) is 4.38. The average Bonchev–Trinajstić information content (AvgIpc) is 2.31. The van der Waals surface area contributed by atoms with Gasteiger partial charge >= 0.3 is 5.97 Å². The molecule has 0 spiro atoms. The molecule has 2 heterocycles. The van der Waals surface area contributed by atoms with Gasteiger partial charge in [0.1, 0.15) is 11.4 Å². The molecule has 0 aliphatic heterocycles. The van der Waals surface area contributed by atoms with Crippen LogP contribution in [0.15, 0.2) is 47.0 Å². The van der Waals surface area contributed by atoms with Gasteiger partial charge in [0, 0.05) is 23.5 Å². The van der Waals surface area contributed by atoms with Gasteiger partial charge in [0.2, 0.25) is 0 Å². The Bertz CT molecular complexity index is 504. The van der Waals surface area contributed by atoms with E-state index in [1.54, 1.807) is 24.5 Å². The van der Waals surface area contributed by atoms with E-state index in [0.717, 1.165) is 0 Å². The number of hydrogen-bond acceptors (Lipinski definition) is 5. The second-order valence-electron chi connectivity index (χ2n) is 2.83. The molecule has 0 aliphatic carbocycles. The summed E-state index contributed by atoms with van der Waals surface area (Å²) in [5.41, 5.74) is 0.172. The number of aromatic nitrogens is 3. The highest BCUT2D eigenvalue weighted by Crippen LogP contribution is 2.27. The number of carbonyl (C=O) groups is 1. The highest BCUT2D eigenvalue weighted by atomic mass is 32.2. The van der Waals surface area contributed by atoms with Crippen molar-refractivity contribution in [1.29, 1.82) is 0 Å². The molecule has 1 N–H and O–H groups in total. The fourth-order valence-corrected chi connectivity index (χ4v) is 1.92. The van der Waals surface area contributed by atoms with E-state index in [1.165, 1.54) is 24.3 Å². The first-order chi connectivity index (χ1) is 7.77. The third-order valence-electron chi connectivity index (χ3n) is 1.78. The number of hydrogen-bond donors (Lipinski definition) is 1. The summed E-state index contributed by atoms with van der Waals surface area (Å²) in [6, 6.07) is 3.37. The molecule has 2 aromatic heterocycles. The summed E-state index contributed by atoms with van der Waals surface area (Å²) >= 11 is 1.27. The summed E-state index contributed by atoms with van der Waals surface area (Å²) in [6.45, 7) is 0. The first kappa shape index (κ1) is 10.6. The van der Waals surface area contributed by atoms with Crippen molar-refractivity contribution in [2.45, 2.75) is 9.92 Å². The molecule has 16 heavy (non-hydrogen) atoms. The van der Waals surface area contributed by atoms with E-state index in [2.05, 4.69) is 15.0 Å². The molecule has 0 atom stereocenters. The lowest BCUT2D eigenvalue weighted by Crippen LogP contribution is -1.99.